The van der Waals surface area contributed by atoms with Crippen LogP contribution in [0.5, 0.6) is 0 Å². The Labute approximate surface area is 85.8 Å². The molecule has 0 saturated carbocycles. The van der Waals surface area contributed by atoms with Gasteiger partial charge in [-0.2, -0.15) is 17.6 Å². The van der Waals surface area contributed by atoms with Gasteiger partial charge in [-0.15, -0.1) is 0 Å². The molecule has 0 radical (unpaired) electrons. The number of rotatable bonds is 1. The predicted octanol–water partition coefficient (Wildman–Crippen LogP) is 1.95. The molecule has 0 amide bonds. The van der Waals surface area contributed by atoms with Gasteiger partial charge in [-0.25, -0.2) is 18.7 Å². The number of aromatic nitrogens is 2. The minimum atomic E-state index is -5.94. The zero-order valence-electron chi connectivity index (χ0n) is 7.50. The zero-order valence-corrected chi connectivity index (χ0v) is 7.50. The Kier molecular flexibility index (Phi) is 5.15. The summed E-state index contributed by atoms with van der Waals surface area (Å²) in [6.45, 7) is 0. The van der Waals surface area contributed by atoms with Gasteiger partial charge in [-0.05, 0) is 6.07 Å². The van der Waals surface area contributed by atoms with Crippen LogP contribution in [0, 0.1) is 0 Å². The first kappa shape index (κ1) is 14.6. The van der Waals surface area contributed by atoms with E-state index in [2.05, 4.69) is 9.97 Å². The Morgan fingerprint density at radius 3 is 1.50 bits per heavy atom. The van der Waals surface area contributed by atoms with Gasteiger partial charge in [0.15, 0.2) is 0 Å². The fourth-order valence-electron chi connectivity index (χ4n) is 0.377. The lowest BCUT2D eigenvalue weighted by molar-refractivity contribution is -0.352. The van der Waals surface area contributed by atoms with Crippen LogP contribution in [0.2, 0.25) is 0 Å². The summed E-state index contributed by atoms with van der Waals surface area (Å²) in [4.78, 5) is 7.35. The van der Waals surface area contributed by atoms with Crippen LogP contribution in [0.15, 0.2) is 24.8 Å². The van der Waals surface area contributed by atoms with Crippen LogP contribution < -0.4 is 0 Å². The molecule has 1 aromatic rings. The average molecular weight is 248 g/mol. The van der Waals surface area contributed by atoms with Crippen LogP contribution >= 0.6 is 0 Å². The fourth-order valence-corrected chi connectivity index (χ4v) is 0.377. The van der Waals surface area contributed by atoms with Gasteiger partial charge in [0, 0.05) is 12.4 Å². The van der Waals surface area contributed by atoms with E-state index in [1.54, 1.807) is 18.5 Å². The molecule has 0 aliphatic carbocycles. The smallest absolute Gasteiger partial charge is 0.350 e. The second-order valence-electron chi connectivity index (χ2n) is 2.38. The van der Waals surface area contributed by atoms with Gasteiger partial charge in [0.25, 0.3) is 0 Å². The topological polar surface area (TPSA) is 46.0 Å². The van der Waals surface area contributed by atoms with Crippen molar-refractivity contribution in [3.8, 4) is 0 Å². The lowest BCUT2D eigenvalue weighted by Crippen LogP contribution is -2.47. The van der Waals surface area contributed by atoms with Crippen LogP contribution in [-0.2, 0) is 0 Å². The standard InChI is InChI=1S/C4H4N2.C3H2F6O/c1-2-5-4-6-3-1;4-1(5)2(6,10)3(7,8)9/h1-4H;1,10H. The summed E-state index contributed by atoms with van der Waals surface area (Å²) < 4.78 is 66.3. The second-order valence-corrected chi connectivity index (χ2v) is 2.38. The maximum absolute atomic E-state index is 11.4. The first-order valence-electron chi connectivity index (χ1n) is 3.65. The van der Waals surface area contributed by atoms with E-state index in [9.17, 15) is 26.3 Å². The van der Waals surface area contributed by atoms with Gasteiger partial charge >= 0.3 is 18.5 Å². The van der Waals surface area contributed by atoms with Crippen molar-refractivity contribution < 1.29 is 31.4 Å². The maximum atomic E-state index is 11.4. The number of aliphatic hydroxyl groups is 1. The number of nitrogens with zero attached hydrogens (tertiary/aromatic N) is 2. The molecule has 1 unspecified atom stereocenters. The van der Waals surface area contributed by atoms with Gasteiger partial charge in [0.2, 0.25) is 0 Å². The molecule has 0 aliphatic rings. The molecule has 9 heteroatoms. The van der Waals surface area contributed by atoms with E-state index in [0.717, 1.165) is 0 Å². The molecule has 0 spiro atoms. The highest BCUT2D eigenvalue weighted by Gasteiger charge is 2.62. The van der Waals surface area contributed by atoms with Gasteiger partial charge in [0.05, 0.1) is 0 Å². The highest BCUT2D eigenvalue weighted by atomic mass is 19.4. The summed E-state index contributed by atoms with van der Waals surface area (Å²) >= 11 is 0. The first-order chi connectivity index (χ1) is 7.19. The average Bonchev–Trinajstić information content (AvgIpc) is 2.19. The molecule has 0 aliphatic heterocycles. The third-order valence-electron chi connectivity index (χ3n) is 1.16. The maximum Gasteiger partial charge on any atom is 0.454 e. The van der Waals surface area contributed by atoms with Gasteiger partial charge in [-0.1, -0.05) is 0 Å². The highest BCUT2D eigenvalue weighted by Crippen LogP contribution is 2.36. The quantitative estimate of drug-likeness (QED) is 0.772. The van der Waals surface area contributed by atoms with Crippen molar-refractivity contribution in [3.63, 3.8) is 0 Å². The number of halogens is 6. The van der Waals surface area contributed by atoms with Crippen LogP contribution in [0.4, 0.5) is 26.3 Å². The molecule has 1 N–H and O–H groups in total. The minimum absolute atomic E-state index is 1.50. The molecule has 1 heterocycles. The summed E-state index contributed by atoms with van der Waals surface area (Å²) in [6.07, 6.45) is -5.55. The Morgan fingerprint density at radius 1 is 1.00 bits per heavy atom. The van der Waals surface area contributed by atoms with Crippen LogP contribution in [0.25, 0.3) is 0 Å². The van der Waals surface area contributed by atoms with Crippen molar-refractivity contribution in [2.75, 3.05) is 0 Å². The fraction of sp³-hybridized carbons (Fsp3) is 0.429. The molecule has 0 saturated heterocycles. The third kappa shape index (κ3) is 4.43. The van der Waals surface area contributed by atoms with Crippen molar-refractivity contribution in [3.05, 3.63) is 24.8 Å². The first-order valence-corrected chi connectivity index (χ1v) is 3.65. The summed E-state index contributed by atoms with van der Waals surface area (Å²) in [5.41, 5.74) is 0. The second kappa shape index (κ2) is 5.64. The van der Waals surface area contributed by atoms with Crippen LogP contribution in [0.1, 0.15) is 0 Å². The van der Waals surface area contributed by atoms with E-state index in [1.807, 2.05) is 0 Å². The van der Waals surface area contributed by atoms with E-state index in [0.29, 0.717) is 0 Å². The Morgan fingerprint density at radius 2 is 1.44 bits per heavy atom. The predicted molar refractivity (Wildman–Crippen MR) is 40.1 cm³/mol. The van der Waals surface area contributed by atoms with E-state index >= 15 is 0 Å². The van der Waals surface area contributed by atoms with E-state index in [-0.39, 0.29) is 0 Å². The number of hydrogen-bond acceptors (Lipinski definition) is 3. The van der Waals surface area contributed by atoms with Crippen LogP contribution in [-0.4, -0.2) is 33.5 Å². The lowest BCUT2D eigenvalue weighted by Gasteiger charge is -2.20. The van der Waals surface area contributed by atoms with Crippen LogP contribution in [0.3, 0.4) is 0 Å². The summed E-state index contributed by atoms with van der Waals surface area (Å²) in [5.74, 6) is -5.40. The molecule has 92 valence electrons. The molecule has 1 atom stereocenters. The molecule has 16 heavy (non-hydrogen) atoms. The van der Waals surface area contributed by atoms with Crippen molar-refractivity contribution in [1.29, 1.82) is 0 Å². The van der Waals surface area contributed by atoms with Gasteiger partial charge in [0.1, 0.15) is 6.33 Å². The van der Waals surface area contributed by atoms with E-state index in [1.165, 1.54) is 6.33 Å². The molecular formula is C7H6F6N2O. The Bertz CT molecular complexity index is 262. The molecule has 0 fully saturated rings. The van der Waals surface area contributed by atoms with E-state index in [4.69, 9.17) is 5.11 Å². The summed E-state index contributed by atoms with van der Waals surface area (Å²) in [5, 5.41) is 7.39. The monoisotopic (exact) mass is 248 g/mol. The Hall–Kier alpha value is -1.38. The largest absolute Gasteiger partial charge is 0.454 e. The number of alkyl halides is 6. The molecular weight excluding hydrogens is 242 g/mol. The van der Waals surface area contributed by atoms with Crippen molar-refractivity contribution >= 4 is 0 Å². The van der Waals surface area contributed by atoms with E-state index < -0.39 is 18.5 Å². The molecule has 3 nitrogen and oxygen atoms in total. The molecule has 1 rings (SSSR count). The SMILES string of the molecule is OC(F)(C(F)F)C(F)(F)F.c1cncnc1. The highest BCUT2D eigenvalue weighted by molar-refractivity contribution is 4.77. The minimum Gasteiger partial charge on any atom is -0.350 e. The third-order valence-corrected chi connectivity index (χ3v) is 1.16. The zero-order chi connectivity index (χ0) is 12.8. The van der Waals surface area contributed by atoms with Crippen molar-refractivity contribution in [2.24, 2.45) is 0 Å². The van der Waals surface area contributed by atoms with Crippen molar-refractivity contribution in [2.45, 2.75) is 18.5 Å². The Balaban J connectivity index is 0.000000315. The summed E-state index contributed by atoms with van der Waals surface area (Å²) in [7, 11) is 0. The van der Waals surface area contributed by atoms with Crippen molar-refractivity contribution in [1.82, 2.24) is 9.97 Å². The normalized spacial score (nSPS) is 15.0. The van der Waals surface area contributed by atoms with Gasteiger partial charge < -0.3 is 5.11 Å². The molecule has 0 aromatic carbocycles. The molecule has 1 aromatic heterocycles. The molecule has 0 bridgehead atoms. The number of hydrogen-bond donors (Lipinski definition) is 1. The van der Waals surface area contributed by atoms with Gasteiger partial charge in [-0.3, -0.25) is 0 Å². The summed E-state index contributed by atoms with van der Waals surface area (Å²) in [6, 6.07) is 1.78. The lowest BCUT2D eigenvalue weighted by atomic mass is 10.3.